The molecular weight excluding hydrogens is 242 g/mol. The van der Waals surface area contributed by atoms with Gasteiger partial charge in [0.1, 0.15) is 0 Å². The lowest BCUT2D eigenvalue weighted by atomic mass is 9.88. The van der Waals surface area contributed by atoms with Gasteiger partial charge in [-0.1, -0.05) is 36.2 Å². The lowest BCUT2D eigenvalue weighted by Gasteiger charge is -2.24. The fourth-order valence-electron chi connectivity index (χ4n) is 3.89. The molecule has 2 saturated carbocycles. The van der Waals surface area contributed by atoms with Crippen molar-refractivity contribution in [3.8, 4) is 0 Å². The van der Waals surface area contributed by atoms with Gasteiger partial charge in [0, 0.05) is 11.1 Å². The van der Waals surface area contributed by atoms with Crippen LogP contribution in [-0.2, 0) is 0 Å². The average Bonchev–Trinajstić information content (AvgIpc) is 2.98. The number of benzene rings is 1. The van der Waals surface area contributed by atoms with Crippen LogP contribution in [0.2, 0.25) is 5.02 Å². The fourth-order valence-corrected chi connectivity index (χ4v) is 4.19. The fraction of sp³-hybridized carbons (Fsp3) is 0.625. The number of fused-ring (bicyclic) bond motifs is 2. The van der Waals surface area contributed by atoms with E-state index in [1.165, 1.54) is 31.2 Å². The molecule has 4 atom stereocenters. The third kappa shape index (κ3) is 2.44. The van der Waals surface area contributed by atoms with E-state index in [1.54, 1.807) is 0 Å². The molecule has 1 N–H and O–H groups in total. The van der Waals surface area contributed by atoms with Crippen molar-refractivity contribution in [2.75, 3.05) is 6.54 Å². The van der Waals surface area contributed by atoms with Gasteiger partial charge in [0.25, 0.3) is 0 Å². The number of hydrogen-bond donors (Lipinski definition) is 1. The van der Waals surface area contributed by atoms with Gasteiger partial charge >= 0.3 is 0 Å². The standard InChI is InChI=1S/C16H22ClN/c1-11(15-4-2-3-5-16(15)17)18-10-14-9-12-6-7-13(14)8-12/h2-5,11-14,18H,6-10H2,1H3. The molecule has 2 fully saturated rings. The van der Waals surface area contributed by atoms with Gasteiger partial charge in [0.2, 0.25) is 0 Å². The van der Waals surface area contributed by atoms with E-state index in [-0.39, 0.29) is 0 Å². The largest absolute Gasteiger partial charge is 0.310 e. The molecule has 98 valence electrons. The van der Waals surface area contributed by atoms with Crippen LogP contribution in [0.4, 0.5) is 0 Å². The summed E-state index contributed by atoms with van der Waals surface area (Å²) in [6, 6.07) is 8.52. The summed E-state index contributed by atoms with van der Waals surface area (Å²) in [5, 5.41) is 4.56. The second-order valence-electron chi connectivity index (χ2n) is 6.09. The predicted octanol–water partition coefficient (Wildman–Crippen LogP) is 4.43. The van der Waals surface area contributed by atoms with Gasteiger partial charge in [0.15, 0.2) is 0 Å². The molecule has 0 radical (unpaired) electrons. The molecule has 4 unspecified atom stereocenters. The van der Waals surface area contributed by atoms with E-state index < -0.39 is 0 Å². The second kappa shape index (κ2) is 5.22. The van der Waals surface area contributed by atoms with Crippen LogP contribution in [0.15, 0.2) is 24.3 Å². The Morgan fingerprint density at radius 3 is 2.78 bits per heavy atom. The summed E-state index contributed by atoms with van der Waals surface area (Å²) in [5.74, 6) is 2.95. The van der Waals surface area contributed by atoms with Gasteiger partial charge in [-0.3, -0.25) is 0 Å². The summed E-state index contributed by atoms with van der Waals surface area (Å²) in [7, 11) is 0. The highest BCUT2D eigenvalue weighted by atomic mass is 35.5. The zero-order chi connectivity index (χ0) is 12.5. The molecule has 0 spiro atoms. The summed E-state index contributed by atoms with van der Waals surface area (Å²) >= 11 is 6.24. The summed E-state index contributed by atoms with van der Waals surface area (Å²) in [6.45, 7) is 3.38. The molecule has 2 heteroatoms. The first kappa shape index (κ1) is 12.5. The molecule has 0 amide bonds. The first-order valence-corrected chi connectivity index (χ1v) is 7.59. The van der Waals surface area contributed by atoms with Gasteiger partial charge < -0.3 is 5.32 Å². The lowest BCUT2D eigenvalue weighted by molar-refractivity contribution is 0.309. The van der Waals surface area contributed by atoms with E-state index in [1.807, 2.05) is 12.1 Å². The van der Waals surface area contributed by atoms with Crippen LogP contribution in [0, 0.1) is 17.8 Å². The Balaban J connectivity index is 1.56. The highest BCUT2D eigenvalue weighted by Crippen LogP contribution is 2.48. The van der Waals surface area contributed by atoms with Crippen LogP contribution in [0.3, 0.4) is 0 Å². The van der Waals surface area contributed by atoms with Crippen molar-refractivity contribution in [3.05, 3.63) is 34.9 Å². The summed E-state index contributed by atoms with van der Waals surface area (Å²) in [6.07, 6.45) is 5.90. The summed E-state index contributed by atoms with van der Waals surface area (Å²) in [5.41, 5.74) is 1.22. The van der Waals surface area contributed by atoms with Crippen LogP contribution in [0.1, 0.15) is 44.2 Å². The Hall–Kier alpha value is -0.530. The first-order valence-electron chi connectivity index (χ1n) is 7.22. The van der Waals surface area contributed by atoms with Crippen molar-refractivity contribution in [3.63, 3.8) is 0 Å². The maximum Gasteiger partial charge on any atom is 0.0453 e. The number of rotatable bonds is 4. The van der Waals surface area contributed by atoms with E-state index in [4.69, 9.17) is 11.6 Å². The van der Waals surface area contributed by atoms with E-state index in [9.17, 15) is 0 Å². The zero-order valence-electron chi connectivity index (χ0n) is 11.0. The highest BCUT2D eigenvalue weighted by molar-refractivity contribution is 6.31. The SMILES string of the molecule is CC(NCC1CC2CCC1C2)c1ccccc1Cl. The number of hydrogen-bond acceptors (Lipinski definition) is 1. The molecule has 3 rings (SSSR count). The quantitative estimate of drug-likeness (QED) is 0.848. The maximum absolute atomic E-state index is 6.24. The third-order valence-electron chi connectivity index (χ3n) is 4.94. The highest BCUT2D eigenvalue weighted by Gasteiger charge is 2.39. The monoisotopic (exact) mass is 263 g/mol. The Morgan fingerprint density at radius 2 is 2.11 bits per heavy atom. The Bertz CT molecular complexity index is 417. The predicted molar refractivity (Wildman–Crippen MR) is 76.8 cm³/mol. The molecule has 2 aliphatic rings. The summed E-state index contributed by atoms with van der Waals surface area (Å²) < 4.78 is 0. The molecule has 1 nitrogen and oxygen atoms in total. The van der Waals surface area contributed by atoms with Gasteiger partial charge in [-0.2, -0.15) is 0 Å². The molecule has 2 bridgehead atoms. The molecule has 0 heterocycles. The minimum atomic E-state index is 0.359. The Labute approximate surface area is 115 Å². The van der Waals surface area contributed by atoms with E-state index >= 15 is 0 Å². The molecule has 0 saturated heterocycles. The van der Waals surface area contributed by atoms with E-state index in [0.29, 0.717) is 6.04 Å². The molecular formula is C16H22ClN. The van der Waals surface area contributed by atoms with E-state index in [0.717, 1.165) is 29.3 Å². The van der Waals surface area contributed by atoms with Gasteiger partial charge in [0.05, 0.1) is 0 Å². The maximum atomic E-state index is 6.24. The first-order chi connectivity index (χ1) is 8.74. The van der Waals surface area contributed by atoms with E-state index in [2.05, 4.69) is 24.4 Å². The molecule has 1 aromatic carbocycles. The Kier molecular flexibility index (Phi) is 3.63. The number of nitrogens with one attached hydrogen (secondary N) is 1. The smallest absolute Gasteiger partial charge is 0.0453 e. The minimum absolute atomic E-state index is 0.359. The van der Waals surface area contributed by atoms with Gasteiger partial charge in [-0.15, -0.1) is 0 Å². The lowest BCUT2D eigenvalue weighted by Crippen LogP contribution is -2.28. The second-order valence-corrected chi connectivity index (χ2v) is 6.49. The molecule has 0 aliphatic heterocycles. The normalized spacial score (nSPS) is 31.8. The van der Waals surface area contributed by atoms with Crippen LogP contribution in [-0.4, -0.2) is 6.54 Å². The van der Waals surface area contributed by atoms with Crippen molar-refractivity contribution >= 4 is 11.6 Å². The zero-order valence-corrected chi connectivity index (χ0v) is 11.8. The molecule has 18 heavy (non-hydrogen) atoms. The van der Waals surface area contributed by atoms with Crippen molar-refractivity contribution < 1.29 is 0 Å². The van der Waals surface area contributed by atoms with Gasteiger partial charge in [-0.05, 0) is 62.1 Å². The topological polar surface area (TPSA) is 12.0 Å². The minimum Gasteiger partial charge on any atom is -0.310 e. The van der Waals surface area contributed by atoms with Crippen LogP contribution in [0.25, 0.3) is 0 Å². The van der Waals surface area contributed by atoms with Crippen LogP contribution < -0.4 is 5.32 Å². The number of halogens is 1. The molecule has 1 aromatic rings. The molecule has 2 aliphatic carbocycles. The van der Waals surface area contributed by atoms with Crippen molar-refractivity contribution in [2.45, 2.75) is 38.6 Å². The summed E-state index contributed by atoms with van der Waals surface area (Å²) in [4.78, 5) is 0. The average molecular weight is 264 g/mol. The van der Waals surface area contributed by atoms with Crippen molar-refractivity contribution in [1.29, 1.82) is 0 Å². The van der Waals surface area contributed by atoms with Crippen LogP contribution in [0.5, 0.6) is 0 Å². The van der Waals surface area contributed by atoms with Crippen LogP contribution >= 0.6 is 11.6 Å². The van der Waals surface area contributed by atoms with Crippen molar-refractivity contribution in [1.82, 2.24) is 5.32 Å². The van der Waals surface area contributed by atoms with Crippen molar-refractivity contribution in [2.24, 2.45) is 17.8 Å². The Morgan fingerprint density at radius 1 is 1.28 bits per heavy atom. The van der Waals surface area contributed by atoms with Gasteiger partial charge in [-0.25, -0.2) is 0 Å². The third-order valence-corrected chi connectivity index (χ3v) is 5.29. The molecule has 0 aromatic heterocycles.